The first kappa shape index (κ1) is 13.0. The lowest BCUT2D eigenvalue weighted by molar-refractivity contribution is 0.762. The Morgan fingerprint density at radius 2 is 2.26 bits per heavy atom. The number of hydrogen-bond acceptors (Lipinski definition) is 3. The lowest BCUT2D eigenvalue weighted by Crippen LogP contribution is -2.07. The monoisotopic (exact) mass is 352 g/mol. The van der Waals surface area contributed by atoms with Crippen LogP contribution in [0.25, 0.3) is 0 Å². The van der Waals surface area contributed by atoms with E-state index in [2.05, 4.69) is 27.3 Å². The van der Waals surface area contributed by atoms with Crippen LogP contribution in [0.5, 0.6) is 0 Å². The first-order valence-electron chi connectivity index (χ1n) is 5.91. The highest BCUT2D eigenvalue weighted by atomic mass is 79.9. The van der Waals surface area contributed by atoms with Crippen molar-refractivity contribution in [1.82, 2.24) is 0 Å². The smallest absolute Gasteiger partial charge is 0.101 e. The lowest BCUT2D eigenvalue weighted by Gasteiger charge is -2.16. The molecule has 1 aromatic carbocycles. The molecule has 0 radical (unpaired) electrons. The molecule has 2 nitrogen and oxygen atoms in total. The Morgan fingerprint density at radius 1 is 1.42 bits per heavy atom. The van der Waals surface area contributed by atoms with Gasteiger partial charge in [0.15, 0.2) is 0 Å². The number of aryl methyl sites for hydroxylation is 1. The van der Waals surface area contributed by atoms with Gasteiger partial charge >= 0.3 is 0 Å². The highest BCUT2D eigenvalue weighted by Gasteiger charge is 2.25. The van der Waals surface area contributed by atoms with Gasteiger partial charge in [0.2, 0.25) is 0 Å². The Balaban J connectivity index is 1.91. The fourth-order valence-corrected chi connectivity index (χ4v) is 4.12. The van der Waals surface area contributed by atoms with Crippen molar-refractivity contribution in [2.75, 3.05) is 5.32 Å². The molecule has 3 rings (SSSR count). The average molecular weight is 354 g/mol. The molecule has 1 unspecified atom stereocenters. The summed E-state index contributed by atoms with van der Waals surface area (Å²) in [6.07, 6.45) is 2.11. The summed E-state index contributed by atoms with van der Waals surface area (Å²) in [5.74, 6) is 0. The number of halogens is 2. The van der Waals surface area contributed by atoms with Crippen molar-refractivity contribution in [2.45, 2.75) is 18.9 Å². The highest BCUT2D eigenvalue weighted by Crippen LogP contribution is 2.41. The van der Waals surface area contributed by atoms with E-state index in [1.165, 1.54) is 10.4 Å². The first-order chi connectivity index (χ1) is 9.17. The summed E-state index contributed by atoms with van der Waals surface area (Å²) in [7, 11) is 0. The summed E-state index contributed by atoms with van der Waals surface area (Å²) < 4.78 is 1.81. The molecule has 0 aliphatic heterocycles. The number of nitrogens with one attached hydrogen (secondary N) is 1. The molecule has 0 bridgehead atoms. The molecule has 1 aliphatic rings. The number of fused-ring (bicyclic) bond motifs is 1. The predicted molar refractivity (Wildman–Crippen MR) is 82.9 cm³/mol. The van der Waals surface area contributed by atoms with Crippen LogP contribution in [0.3, 0.4) is 0 Å². The number of benzene rings is 1. The maximum Gasteiger partial charge on any atom is 0.101 e. The molecule has 0 spiro atoms. The molecule has 0 saturated carbocycles. The van der Waals surface area contributed by atoms with Crippen LogP contribution in [0.15, 0.2) is 28.7 Å². The summed E-state index contributed by atoms with van der Waals surface area (Å²) in [6.45, 7) is 0. The van der Waals surface area contributed by atoms with E-state index in [0.29, 0.717) is 5.56 Å². The van der Waals surface area contributed by atoms with Gasteiger partial charge in [-0.05, 0) is 42.7 Å². The quantitative estimate of drug-likeness (QED) is 0.812. The first-order valence-corrected chi connectivity index (χ1v) is 7.90. The van der Waals surface area contributed by atoms with Gasteiger partial charge < -0.3 is 5.32 Å². The van der Waals surface area contributed by atoms with Crippen molar-refractivity contribution in [1.29, 1.82) is 5.26 Å². The van der Waals surface area contributed by atoms with Crippen LogP contribution in [0.2, 0.25) is 4.34 Å². The second-order valence-electron chi connectivity index (χ2n) is 4.47. The van der Waals surface area contributed by atoms with Crippen LogP contribution in [-0.2, 0) is 6.42 Å². The maximum atomic E-state index is 9.16. The number of anilines is 1. The standard InChI is InChI=1S/C14H10BrClN2S/c15-9-2-1-8(7-17)12(5-9)18-11-3-4-13-10(11)6-14(16)19-13/h1-2,5-6,11,18H,3-4H2. The molecule has 96 valence electrons. The van der Waals surface area contributed by atoms with Crippen LogP contribution in [-0.4, -0.2) is 0 Å². The van der Waals surface area contributed by atoms with Gasteiger partial charge in [0.25, 0.3) is 0 Å². The predicted octanol–water partition coefficient (Wildman–Crippen LogP) is 5.14. The van der Waals surface area contributed by atoms with E-state index in [-0.39, 0.29) is 6.04 Å². The van der Waals surface area contributed by atoms with E-state index in [1.54, 1.807) is 11.3 Å². The molecule has 0 amide bonds. The Labute approximate surface area is 129 Å². The van der Waals surface area contributed by atoms with E-state index in [9.17, 15) is 0 Å². The van der Waals surface area contributed by atoms with Crippen LogP contribution in [0.1, 0.15) is 28.5 Å². The minimum atomic E-state index is 0.250. The summed E-state index contributed by atoms with van der Waals surface area (Å²) in [5, 5.41) is 12.6. The Morgan fingerprint density at radius 3 is 3.05 bits per heavy atom. The van der Waals surface area contributed by atoms with Gasteiger partial charge in [0, 0.05) is 9.35 Å². The highest BCUT2D eigenvalue weighted by molar-refractivity contribution is 9.10. The zero-order valence-corrected chi connectivity index (χ0v) is 13.1. The van der Waals surface area contributed by atoms with Crippen molar-refractivity contribution < 1.29 is 0 Å². The molecule has 5 heteroatoms. The van der Waals surface area contributed by atoms with E-state index in [1.807, 2.05) is 24.3 Å². The van der Waals surface area contributed by atoms with Gasteiger partial charge in [0.05, 0.1) is 21.6 Å². The molecule has 1 heterocycles. The third kappa shape index (κ3) is 2.51. The maximum absolute atomic E-state index is 9.16. The van der Waals surface area contributed by atoms with Gasteiger partial charge in [-0.1, -0.05) is 27.5 Å². The third-order valence-electron chi connectivity index (χ3n) is 3.28. The van der Waals surface area contributed by atoms with Gasteiger partial charge in [-0.15, -0.1) is 11.3 Å². The van der Waals surface area contributed by atoms with E-state index in [0.717, 1.165) is 27.3 Å². The van der Waals surface area contributed by atoms with Gasteiger partial charge in [-0.3, -0.25) is 0 Å². The van der Waals surface area contributed by atoms with Crippen LogP contribution < -0.4 is 5.32 Å². The Bertz CT molecular complexity index is 675. The van der Waals surface area contributed by atoms with Crippen LogP contribution >= 0.6 is 38.9 Å². The lowest BCUT2D eigenvalue weighted by atomic mass is 10.1. The third-order valence-corrected chi connectivity index (χ3v) is 5.11. The average Bonchev–Trinajstić information content (AvgIpc) is 2.91. The summed E-state index contributed by atoms with van der Waals surface area (Å²) in [4.78, 5) is 1.36. The van der Waals surface area contributed by atoms with E-state index in [4.69, 9.17) is 16.9 Å². The molecule has 19 heavy (non-hydrogen) atoms. The zero-order chi connectivity index (χ0) is 13.4. The summed E-state index contributed by atoms with van der Waals surface area (Å²) in [6, 6.07) is 10.2. The zero-order valence-electron chi connectivity index (χ0n) is 9.91. The molecule has 1 aromatic heterocycles. The largest absolute Gasteiger partial charge is 0.377 e. The number of hydrogen-bond donors (Lipinski definition) is 1. The van der Waals surface area contributed by atoms with Crippen molar-refractivity contribution in [3.8, 4) is 6.07 Å². The molecule has 2 aromatic rings. The fourth-order valence-electron chi connectivity index (χ4n) is 2.40. The number of nitrogens with zero attached hydrogens (tertiary/aromatic N) is 1. The van der Waals surface area contributed by atoms with Crippen molar-refractivity contribution in [3.05, 3.63) is 49.1 Å². The van der Waals surface area contributed by atoms with Crippen LogP contribution in [0.4, 0.5) is 5.69 Å². The molecule has 1 aliphatic carbocycles. The minimum absolute atomic E-state index is 0.250. The topological polar surface area (TPSA) is 35.8 Å². The van der Waals surface area contributed by atoms with Crippen molar-refractivity contribution in [2.24, 2.45) is 0 Å². The van der Waals surface area contributed by atoms with Crippen molar-refractivity contribution in [3.63, 3.8) is 0 Å². The summed E-state index contributed by atoms with van der Waals surface area (Å²) in [5.41, 5.74) is 2.81. The van der Waals surface area contributed by atoms with Gasteiger partial charge in [-0.2, -0.15) is 5.26 Å². The molecule has 0 fully saturated rings. The molecular weight excluding hydrogens is 344 g/mol. The van der Waals surface area contributed by atoms with Crippen molar-refractivity contribution >= 4 is 44.6 Å². The normalized spacial score (nSPS) is 17.0. The second-order valence-corrected chi connectivity index (χ2v) is 7.15. The van der Waals surface area contributed by atoms with Gasteiger partial charge in [-0.25, -0.2) is 0 Å². The van der Waals surface area contributed by atoms with Crippen LogP contribution in [0, 0.1) is 11.3 Å². The molecule has 0 saturated heterocycles. The number of nitriles is 1. The summed E-state index contributed by atoms with van der Waals surface area (Å²) >= 11 is 11.2. The Hall–Kier alpha value is -1.02. The van der Waals surface area contributed by atoms with E-state index >= 15 is 0 Å². The molecule has 1 N–H and O–H groups in total. The van der Waals surface area contributed by atoms with E-state index < -0.39 is 0 Å². The Kier molecular flexibility index (Phi) is 3.53. The molecule has 1 atom stereocenters. The SMILES string of the molecule is N#Cc1ccc(Br)cc1NC1CCc2sc(Cl)cc21. The number of thiophene rings is 1. The minimum Gasteiger partial charge on any atom is -0.377 e. The van der Waals surface area contributed by atoms with Gasteiger partial charge in [0.1, 0.15) is 6.07 Å². The molecular formula is C14H10BrClN2S. The number of rotatable bonds is 2. The second kappa shape index (κ2) is 5.16. The fraction of sp³-hybridized carbons (Fsp3) is 0.214.